The summed E-state index contributed by atoms with van der Waals surface area (Å²) in [5.74, 6) is 0.580. The lowest BCUT2D eigenvalue weighted by Gasteiger charge is -2.04. The highest BCUT2D eigenvalue weighted by Crippen LogP contribution is 2.23. The van der Waals surface area contributed by atoms with Crippen molar-refractivity contribution < 1.29 is 4.39 Å². The minimum atomic E-state index is -0.541. The van der Waals surface area contributed by atoms with Crippen LogP contribution < -0.4 is 0 Å². The molecule has 1 aromatic carbocycles. The van der Waals surface area contributed by atoms with E-state index in [2.05, 4.69) is 16.0 Å². The Morgan fingerprint density at radius 3 is 2.72 bits per heavy atom. The van der Waals surface area contributed by atoms with Crippen LogP contribution in [0, 0.1) is 19.7 Å². The SMILES string of the molecule is Cc1cccc(SCc2nc(C)c(F)c(Cl)n2)c1. The average Bonchev–Trinajstić information content (AvgIpc) is 2.33. The highest BCUT2D eigenvalue weighted by Gasteiger charge is 2.09. The Balaban J connectivity index is 2.11. The summed E-state index contributed by atoms with van der Waals surface area (Å²) in [6, 6.07) is 8.15. The predicted molar refractivity (Wildman–Crippen MR) is 72.5 cm³/mol. The molecule has 2 nitrogen and oxygen atoms in total. The summed E-state index contributed by atoms with van der Waals surface area (Å²) in [4.78, 5) is 9.15. The second kappa shape index (κ2) is 5.67. The molecule has 0 saturated heterocycles. The first-order valence-corrected chi connectivity index (χ1v) is 6.80. The van der Waals surface area contributed by atoms with E-state index in [9.17, 15) is 4.39 Å². The maximum atomic E-state index is 13.3. The molecule has 2 rings (SSSR count). The van der Waals surface area contributed by atoms with Crippen LogP contribution in [0.4, 0.5) is 4.39 Å². The molecule has 0 aliphatic carbocycles. The largest absolute Gasteiger partial charge is 0.234 e. The van der Waals surface area contributed by atoms with E-state index in [1.807, 2.05) is 25.1 Å². The van der Waals surface area contributed by atoms with Crippen LogP contribution >= 0.6 is 23.4 Å². The standard InChI is InChI=1S/C13H12ClFN2S/c1-8-4-3-5-10(6-8)18-7-11-16-9(2)12(15)13(14)17-11/h3-6H,7H2,1-2H3. The minimum Gasteiger partial charge on any atom is -0.234 e. The van der Waals surface area contributed by atoms with Gasteiger partial charge in [-0.05, 0) is 26.0 Å². The van der Waals surface area contributed by atoms with Crippen molar-refractivity contribution in [2.45, 2.75) is 24.5 Å². The molecule has 1 aromatic heterocycles. The van der Waals surface area contributed by atoms with Crippen LogP contribution in [0.25, 0.3) is 0 Å². The summed E-state index contributed by atoms with van der Waals surface area (Å²) in [6.07, 6.45) is 0. The molecule has 0 fully saturated rings. The number of rotatable bonds is 3. The van der Waals surface area contributed by atoms with Crippen molar-refractivity contribution in [1.82, 2.24) is 9.97 Å². The van der Waals surface area contributed by atoms with E-state index in [4.69, 9.17) is 11.6 Å². The zero-order valence-corrected chi connectivity index (χ0v) is 11.6. The number of aromatic nitrogens is 2. The summed E-state index contributed by atoms with van der Waals surface area (Å²) in [5.41, 5.74) is 1.49. The molecule has 0 amide bonds. The van der Waals surface area contributed by atoms with Crippen LogP contribution in [-0.4, -0.2) is 9.97 Å². The fourth-order valence-corrected chi connectivity index (χ4v) is 2.60. The van der Waals surface area contributed by atoms with Crippen molar-refractivity contribution in [1.29, 1.82) is 0 Å². The van der Waals surface area contributed by atoms with Crippen LogP contribution in [-0.2, 0) is 5.75 Å². The van der Waals surface area contributed by atoms with Crippen LogP contribution in [0.15, 0.2) is 29.2 Å². The van der Waals surface area contributed by atoms with Gasteiger partial charge in [-0.2, -0.15) is 0 Å². The number of benzene rings is 1. The normalized spacial score (nSPS) is 10.7. The third kappa shape index (κ3) is 3.21. The van der Waals surface area contributed by atoms with Gasteiger partial charge in [0, 0.05) is 4.90 Å². The Morgan fingerprint density at radius 1 is 1.28 bits per heavy atom. The first kappa shape index (κ1) is 13.3. The Bertz CT molecular complexity index is 552. The smallest absolute Gasteiger partial charge is 0.181 e. The number of aryl methyl sites for hydroxylation is 2. The van der Waals surface area contributed by atoms with E-state index in [1.165, 1.54) is 5.56 Å². The van der Waals surface area contributed by atoms with E-state index in [0.717, 1.165) is 4.90 Å². The Hall–Kier alpha value is -1.13. The van der Waals surface area contributed by atoms with Crippen molar-refractivity contribution in [3.8, 4) is 0 Å². The number of nitrogens with zero attached hydrogens (tertiary/aromatic N) is 2. The van der Waals surface area contributed by atoms with Gasteiger partial charge in [0.25, 0.3) is 0 Å². The van der Waals surface area contributed by atoms with Crippen molar-refractivity contribution in [2.24, 2.45) is 0 Å². The number of halogens is 2. The van der Waals surface area contributed by atoms with Gasteiger partial charge < -0.3 is 0 Å². The van der Waals surface area contributed by atoms with Gasteiger partial charge in [-0.15, -0.1) is 11.8 Å². The molecule has 0 unspecified atom stereocenters. The molecule has 0 aliphatic rings. The topological polar surface area (TPSA) is 25.8 Å². The molecule has 0 spiro atoms. The lowest BCUT2D eigenvalue weighted by molar-refractivity contribution is 0.598. The molecule has 5 heteroatoms. The molecule has 18 heavy (non-hydrogen) atoms. The van der Waals surface area contributed by atoms with E-state index in [-0.39, 0.29) is 10.8 Å². The van der Waals surface area contributed by atoms with Crippen LogP contribution in [0.3, 0.4) is 0 Å². The third-order valence-corrected chi connectivity index (χ3v) is 3.62. The maximum Gasteiger partial charge on any atom is 0.181 e. The van der Waals surface area contributed by atoms with E-state index in [1.54, 1.807) is 18.7 Å². The Morgan fingerprint density at radius 2 is 2.06 bits per heavy atom. The van der Waals surface area contributed by atoms with Gasteiger partial charge in [-0.25, -0.2) is 14.4 Å². The lowest BCUT2D eigenvalue weighted by atomic mass is 10.2. The molecule has 0 N–H and O–H groups in total. The maximum absolute atomic E-state index is 13.3. The molecule has 0 saturated carbocycles. The summed E-state index contributed by atoms with van der Waals surface area (Å²) < 4.78 is 13.3. The fourth-order valence-electron chi connectivity index (χ4n) is 1.50. The molecule has 1 heterocycles. The average molecular weight is 283 g/mol. The van der Waals surface area contributed by atoms with Gasteiger partial charge in [0.1, 0.15) is 5.82 Å². The number of thioether (sulfide) groups is 1. The molecule has 2 aromatic rings. The first-order chi connectivity index (χ1) is 8.56. The fraction of sp³-hybridized carbons (Fsp3) is 0.231. The summed E-state index contributed by atoms with van der Waals surface area (Å²) in [5, 5.41) is -0.109. The zero-order chi connectivity index (χ0) is 13.1. The second-order valence-corrected chi connectivity index (χ2v) is 5.34. The second-order valence-electron chi connectivity index (χ2n) is 3.94. The Labute approximate surface area is 115 Å². The molecular weight excluding hydrogens is 271 g/mol. The summed E-state index contributed by atoms with van der Waals surface area (Å²) >= 11 is 7.30. The van der Waals surface area contributed by atoms with Crippen molar-refractivity contribution in [3.05, 3.63) is 52.3 Å². The summed E-state index contributed by atoms with van der Waals surface area (Å²) in [6.45, 7) is 3.63. The monoisotopic (exact) mass is 282 g/mol. The summed E-state index contributed by atoms with van der Waals surface area (Å²) in [7, 11) is 0. The van der Waals surface area contributed by atoms with Crippen molar-refractivity contribution in [2.75, 3.05) is 0 Å². The molecule has 0 radical (unpaired) electrons. The minimum absolute atomic E-state index is 0.109. The third-order valence-electron chi connectivity index (χ3n) is 2.38. The van der Waals surface area contributed by atoms with Gasteiger partial charge in [0.2, 0.25) is 0 Å². The van der Waals surface area contributed by atoms with Crippen LogP contribution in [0.5, 0.6) is 0 Å². The molecular formula is C13H12ClFN2S. The number of hydrogen-bond acceptors (Lipinski definition) is 3. The quantitative estimate of drug-likeness (QED) is 0.624. The molecule has 94 valence electrons. The van der Waals surface area contributed by atoms with Crippen LogP contribution in [0.1, 0.15) is 17.1 Å². The van der Waals surface area contributed by atoms with E-state index in [0.29, 0.717) is 11.6 Å². The van der Waals surface area contributed by atoms with Gasteiger partial charge >= 0.3 is 0 Å². The van der Waals surface area contributed by atoms with Crippen molar-refractivity contribution >= 4 is 23.4 Å². The van der Waals surface area contributed by atoms with Crippen molar-refractivity contribution in [3.63, 3.8) is 0 Å². The Kier molecular flexibility index (Phi) is 4.19. The highest BCUT2D eigenvalue weighted by molar-refractivity contribution is 7.98. The lowest BCUT2D eigenvalue weighted by Crippen LogP contribution is -1.99. The molecule has 0 bridgehead atoms. The van der Waals surface area contributed by atoms with Gasteiger partial charge in [-0.3, -0.25) is 0 Å². The number of hydrogen-bond donors (Lipinski definition) is 0. The van der Waals surface area contributed by atoms with Gasteiger partial charge in [0.05, 0.1) is 11.4 Å². The van der Waals surface area contributed by atoms with Crippen LogP contribution in [0.2, 0.25) is 5.15 Å². The molecule has 0 atom stereocenters. The zero-order valence-electron chi connectivity index (χ0n) is 10.1. The molecule has 0 aliphatic heterocycles. The highest BCUT2D eigenvalue weighted by atomic mass is 35.5. The van der Waals surface area contributed by atoms with Gasteiger partial charge in [0.15, 0.2) is 11.0 Å². The van der Waals surface area contributed by atoms with E-state index >= 15 is 0 Å². The first-order valence-electron chi connectivity index (χ1n) is 5.44. The van der Waals surface area contributed by atoms with Gasteiger partial charge in [-0.1, -0.05) is 29.3 Å². The van der Waals surface area contributed by atoms with E-state index < -0.39 is 5.82 Å². The predicted octanol–water partition coefficient (Wildman–Crippen LogP) is 4.18.